The van der Waals surface area contributed by atoms with Gasteiger partial charge in [0, 0.05) is 51.0 Å². The molecule has 1 aliphatic rings. The van der Waals surface area contributed by atoms with Crippen molar-refractivity contribution < 1.29 is 4.79 Å². The molecule has 0 aliphatic carbocycles. The van der Waals surface area contributed by atoms with E-state index < -0.39 is 0 Å². The van der Waals surface area contributed by atoms with Crippen molar-refractivity contribution in [3.8, 4) is 0 Å². The quantitative estimate of drug-likeness (QED) is 0.640. The maximum atomic E-state index is 13.2. The van der Waals surface area contributed by atoms with Gasteiger partial charge < -0.3 is 14.4 Å². The average Bonchev–Trinajstić information content (AvgIpc) is 2.78. The minimum Gasteiger partial charge on any atom is -0.337 e. The van der Waals surface area contributed by atoms with Gasteiger partial charge in [0.25, 0.3) is 11.5 Å². The molecule has 0 N–H and O–H groups in total. The van der Waals surface area contributed by atoms with Crippen LogP contribution in [0.5, 0.6) is 0 Å². The van der Waals surface area contributed by atoms with Crippen molar-refractivity contribution in [1.82, 2.24) is 29.4 Å². The molecular formula is C21H23N7O2. The van der Waals surface area contributed by atoms with Crippen LogP contribution >= 0.6 is 0 Å². The topological polar surface area (TPSA) is 97.1 Å². The van der Waals surface area contributed by atoms with Crippen LogP contribution in [0.1, 0.15) is 27.3 Å². The third-order valence-corrected chi connectivity index (χ3v) is 5.16. The first-order valence-corrected chi connectivity index (χ1v) is 9.82. The number of pyridine rings is 1. The minimum atomic E-state index is -0.309. The van der Waals surface area contributed by atoms with E-state index in [2.05, 4.69) is 19.9 Å². The lowest BCUT2D eigenvalue weighted by molar-refractivity contribution is 0.0743. The van der Waals surface area contributed by atoms with Gasteiger partial charge in [-0.3, -0.25) is 19.6 Å². The normalized spacial score (nSPS) is 14.1. The molecule has 4 rings (SSSR count). The lowest BCUT2D eigenvalue weighted by Gasteiger charge is -2.34. The molecule has 30 heavy (non-hydrogen) atoms. The van der Waals surface area contributed by atoms with Crippen LogP contribution in [0.25, 0.3) is 0 Å². The molecule has 0 unspecified atom stereocenters. The number of rotatable bonds is 4. The lowest BCUT2D eigenvalue weighted by Crippen LogP contribution is -2.50. The van der Waals surface area contributed by atoms with E-state index in [1.54, 1.807) is 54.9 Å². The van der Waals surface area contributed by atoms with E-state index in [0.29, 0.717) is 43.4 Å². The van der Waals surface area contributed by atoms with Crippen molar-refractivity contribution in [3.63, 3.8) is 0 Å². The second-order valence-corrected chi connectivity index (χ2v) is 7.28. The Balaban J connectivity index is 1.51. The zero-order chi connectivity index (χ0) is 21.1. The Morgan fingerprint density at radius 2 is 1.73 bits per heavy atom. The van der Waals surface area contributed by atoms with E-state index in [0.717, 1.165) is 5.69 Å². The van der Waals surface area contributed by atoms with Crippen LogP contribution in [0, 0.1) is 13.8 Å². The number of hydrogen-bond donors (Lipinski definition) is 0. The summed E-state index contributed by atoms with van der Waals surface area (Å²) in [6, 6.07) is 3.57. The highest BCUT2D eigenvalue weighted by molar-refractivity contribution is 5.95. The van der Waals surface area contributed by atoms with Crippen molar-refractivity contribution in [2.75, 3.05) is 31.1 Å². The molecule has 0 saturated carbocycles. The van der Waals surface area contributed by atoms with E-state index >= 15 is 0 Å². The molecule has 3 aromatic rings. The van der Waals surface area contributed by atoms with E-state index in [1.165, 1.54) is 4.57 Å². The summed E-state index contributed by atoms with van der Waals surface area (Å²) in [5.74, 6) is 0.414. The van der Waals surface area contributed by atoms with Crippen molar-refractivity contribution in [3.05, 3.63) is 76.0 Å². The molecule has 1 aliphatic heterocycles. The maximum absolute atomic E-state index is 13.2. The monoisotopic (exact) mass is 405 g/mol. The molecule has 1 fully saturated rings. The molecule has 1 amide bonds. The number of hydrogen-bond acceptors (Lipinski definition) is 7. The first-order chi connectivity index (χ1) is 14.5. The summed E-state index contributed by atoms with van der Waals surface area (Å²) in [5.41, 5.74) is 2.05. The first kappa shape index (κ1) is 19.7. The number of amides is 1. The molecule has 0 bridgehead atoms. The van der Waals surface area contributed by atoms with Crippen molar-refractivity contribution in [2.45, 2.75) is 20.4 Å². The van der Waals surface area contributed by atoms with Gasteiger partial charge in [-0.25, -0.2) is 9.97 Å². The van der Waals surface area contributed by atoms with Crippen molar-refractivity contribution in [1.29, 1.82) is 0 Å². The largest absolute Gasteiger partial charge is 0.337 e. The zero-order valence-electron chi connectivity index (χ0n) is 17.0. The Morgan fingerprint density at radius 3 is 2.40 bits per heavy atom. The summed E-state index contributed by atoms with van der Waals surface area (Å²) < 4.78 is 1.51. The summed E-state index contributed by atoms with van der Waals surface area (Å²) in [7, 11) is 0. The summed E-state index contributed by atoms with van der Waals surface area (Å²) in [5, 5.41) is 0. The van der Waals surface area contributed by atoms with Gasteiger partial charge in [-0.05, 0) is 31.5 Å². The minimum absolute atomic E-state index is 0.210. The number of nitrogens with zero attached hydrogens (tertiary/aromatic N) is 7. The number of anilines is 1. The summed E-state index contributed by atoms with van der Waals surface area (Å²) in [6.07, 6.45) is 8.41. The van der Waals surface area contributed by atoms with E-state index in [4.69, 9.17) is 0 Å². The van der Waals surface area contributed by atoms with Crippen LogP contribution < -0.4 is 10.5 Å². The number of carbonyl (C=O) groups is 1. The fraction of sp³-hybridized carbons (Fsp3) is 0.333. The van der Waals surface area contributed by atoms with Gasteiger partial charge in [-0.1, -0.05) is 0 Å². The molecule has 154 valence electrons. The van der Waals surface area contributed by atoms with E-state index in [9.17, 15) is 9.59 Å². The third kappa shape index (κ3) is 4.05. The zero-order valence-corrected chi connectivity index (χ0v) is 17.0. The van der Waals surface area contributed by atoms with Gasteiger partial charge in [-0.15, -0.1) is 0 Å². The molecule has 3 aromatic heterocycles. The molecule has 4 heterocycles. The predicted molar refractivity (Wildman–Crippen MR) is 111 cm³/mol. The molecule has 0 aromatic carbocycles. The van der Waals surface area contributed by atoms with Crippen LogP contribution in [0.4, 0.5) is 5.95 Å². The lowest BCUT2D eigenvalue weighted by atomic mass is 10.1. The molecule has 9 heteroatoms. The number of piperazine rings is 1. The van der Waals surface area contributed by atoms with Gasteiger partial charge in [0.15, 0.2) is 0 Å². The van der Waals surface area contributed by atoms with Crippen LogP contribution in [-0.4, -0.2) is 61.5 Å². The fourth-order valence-corrected chi connectivity index (χ4v) is 3.45. The molecule has 0 spiro atoms. The van der Waals surface area contributed by atoms with E-state index in [1.807, 2.05) is 11.8 Å². The Morgan fingerprint density at radius 1 is 1.00 bits per heavy atom. The Labute approximate surface area is 174 Å². The number of carbonyl (C=O) groups excluding carboxylic acids is 1. The highest BCUT2D eigenvalue weighted by Crippen LogP contribution is 2.13. The Kier molecular flexibility index (Phi) is 5.51. The first-order valence-electron chi connectivity index (χ1n) is 9.82. The van der Waals surface area contributed by atoms with Crippen LogP contribution in [-0.2, 0) is 6.54 Å². The molecule has 0 radical (unpaired) electrons. The summed E-state index contributed by atoms with van der Waals surface area (Å²) in [6.45, 7) is 6.17. The number of aryl methyl sites for hydroxylation is 2. The summed E-state index contributed by atoms with van der Waals surface area (Å²) >= 11 is 0. The second kappa shape index (κ2) is 8.40. The van der Waals surface area contributed by atoms with Crippen LogP contribution in [0.3, 0.4) is 0 Å². The third-order valence-electron chi connectivity index (χ3n) is 5.16. The molecule has 1 saturated heterocycles. The van der Waals surface area contributed by atoms with E-state index in [-0.39, 0.29) is 23.6 Å². The van der Waals surface area contributed by atoms with Crippen LogP contribution in [0.2, 0.25) is 0 Å². The fourth-order valence-electron chi connectivity index (χ4n) is 3.45. The van der Waals surface area contributed by atoms with Crippen molar-refractivity contribution >= 4 is 11.9 Å². The van der Waals surface area contributed by atoms with Gasteiger partial charge in [-0.2, -0.15) is 0 Å². The highest BCUT2D eigenvalue weighted by atomic mass is 16.2. The van der Waals surface area contributed by atoms with Gasteiger partial charge in [0.1, 0.15) is 5.56 Å². The molecule has 0 atom stereocenters. The van der Waals surface area contributed by atoms with Crippen molar-refractivity contribution in [2.24, 2.45) is 0 Å². The van der Waals surface area contributed by atoms with Gasteiger partial charge in [0.2, 0.25) is 5.95 Å². The SMILES string of the molecule is Cc1cnc(Cn2ccc(C)c(C(=O)N3CCN(c4ncccn4)CC3)c2=O)cn1. The van der Waals surface area contributed by atoms with Crippen LogP contribution in [0.15, 0.2) is 47.9 Å². The number of aromatic nitrogens is 5. The predicted octanol–water partition coefficient (Wildman–Crippen LogP) is 1.06. The smallest absolute Gasteiger partial charge is 0.264 e. The average molecular weight is 405 g/mol. The highest BCUT2D eigenvalue weighted by Gasteiger charge is 2.26. The Bertz CT molecular complexity index is 1090. The maximum Gasteiger partial charge on any atom is 0.264 e. The summed E-state index contributed by atoms with van der Waals surface area (Å²) in [4.78, 5) is 47.0. The Hall–Kier alpha value is -3.62. The molecular weight excluding hydrogens is 382 g/mol. The van der Waals surface area contributed by atoms with Gasteiger partial charge in [0.05, 0.1) is 24.1 Å². The van der Waals surface area contributed by atoms with Gasteiger partial charge >= 0.3 is 0 Å². The standard InChI is InChI=1S/C21H23N7O2/c1-15-4-7-28(14-17-13-24-16(2)12-25-17)20(30)18(15)19(29)26-8-10-27(11-9-26)21-22-5-3-6-23-21/h3-7,12-13H,8-11,14H2,1-2H3. The molecule has 9 nitrogen and oxygen atoms in total. The second-order valence-electron chi connectivity index (χ2n) is 7.28.